The summed E-state index contributed by atoms with van der Waals surface area (Å²) in [5.41, 5.74) is -0.343. The van der Waals surface area contributed by atoms with Gasteiger partial charge in [0.05, 0.1) is 15.7 Å². The van der Waals surface area contributed by atoms with Crippen LogP contribution >= 0.6 is 23.2 Å². The molecule has 37 heavy (non-hydrogen) atoms. The Morgan fingerprint density at radius 3 is 2.41 bits per heavy atom. The highest BCUT2D eigenvalue weighted by Gasteiger charge is 2.22. The van der Waals surface area contributed by atoms with Gasteiger partial charge in [-0.05, 0) is 35.7 Å². The molecule has 0 fully saturated rings. The number of halogens is 2. The molecule has 0 amide bonds. The van der Waals surface area contributed by atoms with E-state index in [1.54, 1.807) is 0 Å². The molecule has 0 aliphatic heterocycles. The van der Waals surface area contributed by atoms with Crippen molar-refractivity contribution in [2.45, 2.75) is 17.7 Å². The van der Waals surface area contributed by atoms with Crippen LogP contribution in [-0.2, 0) is 10.0 Å². The highest BCUT2D eigenvalue weighted by molar-refractivity contribution is 7.89. The van der Waals surface area contributed by atoms with E-state index in [1.165, 1.54) is 24.3 Å². The third kappa shape index (κ3) is 6.03. The second-order valence-corrected chi connectivity index (χ2v) is 10.5. The second-order valence-electron chi connectivity index (χ2n) is 7.98. The average molecular weight is 563 g/mol. The van der Waals surface area contributed by atoms with Crippen LogP contribution in [0.2, 0.25) is 10.0 Å². The number of hydrogen-bond donors (Lipinski definition) is 3. The molecule has 1 heterocycles. The summed E-state index contributed by atoms with van der Waals surface area (Å²) in [6.07, 6.45) is 0.917. The molecule has 0 spiro atoms. The van der Waals surface area contributed by atoms with Gasteiger partial charge in [-0.25, -0.2) is 17.9 Å². The Morgan fingerprint density at radius 1 is 1.08 bits per heavy atom. The van der Waals surface area contributed by atoms with Crippen LogP contribution in [0, 0.1) is 0 Å². The maximum atomic E-state index is 12.9. The summed E-state index contributed by atoms with van der Waals surface area (Å²) in [5.74, 6) is -0.573. The molecule has 13 heteroatoms. The van der Waals surface area contributed by atoms with E-state index in [2.05, 4.69) is 14.8 Å². The molecule has 0 saturated carbocycles. The molecule has 1 atom stereocenters. The van der Waals surface area contributed by atoms with Crippen molar-refractivity contribution in [2.75, 3.05) is 6.54 Å². The first-order valence-electron chi connectivity index (χ1n) is 10.8. The third-order valence-corrected chi connectivity index (χ3v) is 7.34. The minimum absolute atomic E-state index is 0.0188. The number of nitrogens with one attached hydrogen (secondary N) is 2. The first-order valence-corrected chi connectivity index (χ1v) is 13.0. The van der Waals surface area contributed by atoms with E-state index in [0.29, 0.717) is 0 Å². The van der Waals surface area contributed by atoms with E-state index >= 15 is 0 Å². The summed E-state index contributed by atoms with van der Waals surface area (Å²) < 4.78 is 35.0. The van der Waals surface area contributed by atoms with Gasteiger partial charge in [0.1, 0.15) is 22.6 Å². The van der Waals surface area contributed by atoms with Crippen LogP contribution in [0.3, 0.4) is 0 Å². The van der Waals surface area contributed by atoms with Gasteiger partial charge < -0.3 is 9.84 Å². The van der Waals surface area contributed by atoms with E-state index in [4.69, 9.17) is 27.9 Å². The topological polar surface area (TPSA) is 143 Å². The SMILES string of the molecule is CC(CNS(=O)(=O)c1cc(Oc2c(Cl)cc(-n3ncc(=O)[nH]c3=O)cc2Cl)ccc1O)c1ccccc1. The van der Waals surface area contributed by atoms with Crippen molar-refractivity contribution in [3.8, 4) is 22.9 Å². The minimum Gasteiger partial charge on any atom is -0.507 e. The summed E-state index contributed by atoms with van der Waals surface area (Å²) in [7, 11) is -4.10. The summed E-state index contributed by atoms with van der Waals surface area (Å²) in [6, 6.07) is 15.7. The number of nitrogens with zero attached hydrogens (tertiary/aromatic N) is 2. The summed E-state index contributed by atoms with van der Waals surface area (Å²) >= 11 is 12.6. The van der Waals surface area contributed by atoms with Crippen molar-refractivity contribution < 1.29 is 18.3 Å². The van der Waals surface area contributed by atoms with Crippen LogP contribution in [-0.4, -0.2) is 34.8 Å². The number of phenolic OH excluding ortho intramolecular Hbond substituents is 1. The van der Waals surface area contributed by atoms with Crippen molar-refractivity contribution in [1.29, 1.82) is 0 Å². The zero-order valence-electron chi connectivity index (χ0n) is 19.2. The van der Waals surface area contributed by atoms with Gasteiger partial charge in [-0.3, -0.25) is 9.78 Å². The highest BCUT2D eigenvalue weighted by atomic mass is 35.5. The summed E-state index contributed by atoms with van der Waals surface area (Å²) in [5, 5.41) is 13.9. The maximum absolute atomic E-state index is 12.9. The van der Waals surface area contributed by atoms with E-state index in [1.807, 2.05) is 37.3 Å². The average Bonchev–Trinajstić information content (AvgIpc) is 2.86. The Hall–Kier alpha value is -3.64. The first kappa shape index (κ1) is 26.4. The molecular weight excluding hydrogens is 543 g/mol. The van der Waals surface area contributed by atoms with Crippen LogP contribution in [0.25, 0.3) is 5.69 Å². The third-order valence-electron chi connectivity index (χ3n) is 5.33. The lowest BCUT2D eigenvalue weighted by Gasteiger charge is -2.15. The number of benzene rings is 3. The van der Waals surface area contributed by atoms with E-state index in [-0.39, 0.29) is 39.7 Å². The Bertz CT molecular complexity index is 1650. The molecule has 0 saturated heterocycles. The molecule has 4 aromatic rings. The molecular formula is C24H20Cl2N4O6S. The van der Waals surface area contributed by atoms with Crippen LogP contribution in [0.1, 0.15) is 18.4 Å². The molecule has 1 aromatic heterocycles. The standard InChI is InChI=1S/C24H20Cl2N4O6S/c1-14(15-5-3-2-4-6-15)12-28-37(34,35)21-11-17(7-8-20(21)31)36-23-18(25)9-16(10-19(23)26)30-24(33)29-22(32)13-27-30/h2-11,13-14,28,31H,12H2,1H3,(H,29,32,33). The van der Waals surface area contributed by atoms with Crippen molar-refractivity contribution in [2.24, 2.45) is 0 Å². The van der Waals surface area contributed by atoms with Gasteiger partial charge in [0.2, 0.25) is 10.0 Å². The molecule has 3 N–H and O–H groups in total. The van der Waals surface area contributed by atoms with Crippen LogP contribution in [0.15, 0.2) is 81.3 Å². The Morgan fingerprint density at radius 2 is 1.76 bits per heavy atom. The quantitative estimate of drug-likeness (QED) is 0.296. The van der Waals surface area contributed by atoms with Gasteiger partial charge in [-0.1, -0.05) is 60.5 Å². The number of rotatable bonds is 8. The van der Waals surface area contributed by atoms with Crippen LogP contribution in [0.5, 0.6) is 17.2 Å². The number of ether oxygens (including phenoxy) is 1. The Balaban J connectivity index is 1.58. The van der Waals surface area contributed by atoms with Gasteiger partial charge >= 0.3 is 5.69 Å². The fraction of sp³-hybridized carbons (Fsp3) is 0.125. The maximum Gasteiger partial charge on any atom is 0.349 e. The number of aromatic hydroxyl groups is 1. The minimum atomic E-state index is -4.10. The molecule has 0 aliphatic carbocycles. The van der Waals surface area contributed by atoms with Crippen LogP contribution in [0.4, 0.5) is 0 Å². The number of aromatic nitrogens is 3. The molecule has 3 aromatic carbocycles. The Kier molecular flexibility index (Phi) is 7.69. The second kappa shape index (κ2) is 10.8. The summed E-state index contributed by atoms with van der Waals surface area (Å²) in [4.78, 5) is 25.0. The zero-order chi connectivity index (χ0) is 26.7. The fourth-order valence-corrected chi connectivity index (χ4v) is 5.20. The highest BCUT2D eigenvalue weighted by Crippen LogP contribution is 2.39. The van der Waals surface area contributed by atoms with Crippen molar-refractivity contribution in [3.05, 3.63) is 103 Å². The molecule has 192 valence electrons. The van der Waals surface area contributed by atoms with Gasteiger partial charge in [0, 0.05) is 12.6 Å². The predicted molar refractivity (Wildman–Crippen MR) is 139 cm³/mol. The Labute approximate surface area is 221 Å². The smallest absolute Gasteiger partial charge is 0.349 e. The molecule has 0 bridgehead atoms. The normalized spacial score (nSPS) is 12.3. The molecule has 4 rings (SSSR count). The molecule has 1 unspecified atom stereocenters. The number of H-pyrrole nitrogens is 1. The van der Waals surface area contributed by atoms with Crippen molar-refractivity contribution in [1.82, 2.24) is 19.5 Å². The monoisotopic (exact) mass is 562 g/mol. The largest absolute Gasteiger partial charge is 0.507 e. The zero-order valence-corrected chi connectivity index (χ0v) is 21.5. The lowest BCUT2D eigenvalue weighted by Crippen LogP contribution is -2.30. The van der Waals surface area contributed by atoms with E-state index in [9.17, 15) is 23.1 Å². The number of hydrogen-bond acceptors (Lipinski definition) is 7. The lowest BCUT2D eigenvalue weighted by molar-refractivity contribution is 0.447. The van der Waals surface area contributed by atoms with Gasteiger partial charge in [0.25, 0.3) is 5.56 Å². The summed E-state index contributed by atoms with van der Waals surface area (Å²) in [6.45, 7) is 1.98. The van der Waals surface area contributed by atoms with Gasteiger partial charge in [-0.2, -0.15) is 9.78 Å². The van der Waals surface area contributed by atoms with E-state index in [0.717, 1.165) is 22.5 Å². The number of phenols is 1. The van der Waals surface area contributed by atoms with Crippen molar-refractivity contribution >= 4 is 33.2 Å². The number of sulfonamides is 1. The number of aromatic amines is 1. The molecule has 0 aliphatic rings. The first-order chi connectivity index (χ1) is 17.5. The van der Waals surface area contributed by atoms with E-state index < -0.39 is 31.9 Å². The predicted octanol–water partition coefficient (Wildman–Crippen LogP) is 3.81. The van der Waals surface area contributed by atoms with Crippen molar-refractivity contribution in [3.63, 3.8) is 0 Å². The van der Waals surface area contributed by atoms with Gasteiger partial charge in [0.15, 0.2) is 5.75 Å². The lowest BCUT2D eigenvalue weighted by atomic mass is 10.0. The van der Waals surface area contributed by atoms with Gasteiger partial charge in [-0.15, -0.1) is 0 Å². The molecule has 10 nitrogen and oxygen atoms in total. The van der Waals surface area contributed by atoms with Crippen LogP contribution < -0.4 is 20.7 Å². The molecule has 0 radical (unpaired) electrons. The fourth-order valence-electron chi connectivity index (χ4n) is 3.41.